The Hall–Kier alpha value is -3.27. The van der Waals surface area contributed by atoms with Crippen LogP contribution in [0.15, 0.2) is 47.5 Å². The van der Waals surface area contributed by atoms with Gasteiger partial charge in [-0.1, -0.05) is 25.5 Å². The molecule has 0 saturated heterocycles. The highest BCUT2D eigenvalue weighted by atomic mass is 32.2. The third kappa shape index (κ3) is 7.18. The number of rotatable bonds is 10. The molecule has 0 spiro atoms. The second-order valence-electron chi connectivity index (χ2n) is 6.71. The second kappa shape index (κ2) is 11.2. The number of ether oxygens (including phenoxy) is 1. The van der Waals surface area contributed by atoms with Crippen LogP contribution < -0.4 is 10.0 Å². The molecule has 0 radical (unpaired) electrons. The Morgan fingerprint density at radius 2 is 1.77 bits per heavy atom. The summed E-state index contributed by atoms with van der Waals surface area (Å²) in [5.74, 6) is -1.54. The minimum atomic E-state index is -4.09. The molecule has 1 aromatic heterocycles. The van der Waals surface area contributed by atoms with Crippen molar-refractivity contribution in [1.29, 1.82) is 0 Å². The van der Waals surface area contributed by atoms with Gasteiger partial charge in [-0.2, -0.15) is 0 Å². The van der Waals surface area contributed by atoms with E-state index in [0.717, 1.165) is 24.6 Å². The maximum absolute atomic E-state index is 12.5. The van der Waals surface area contributed by atoms with Crippen molar-refractivity contribution in [3.63, 3.8) is 0 Å². The first-order valence-corrected chi connectivity index (χ1v) is 11.2. The summed E-state index contributed by atoms with van der Waals surface area (Å²) in [6, 6.07) is 8.59. The first-order valence-electron chi connectivity index (χ1n) is 9.74. The van der Waals surface area contributed by atoms with E-state index in [1.807, 2.05) is 11.6 Å². The molecule has 0 aliphatic carbocycles. The highest BCUT2D eigenvalue weighted by molar-refractivity contribution is 7.90. The Kier molecular flexibility index (Phi) is 8.68. The van der Waals surface area contributed by atoms with Crippen molar-refractivity contribution in [3.8, 4) is 0 Å². The van der Waals surface area contributed by atoms with Crippen LogP contribution in [0.2, 0.25) is 0 Å². The molecule has 0 bridgehead atoms. The van der Waals surface area contributed by atoms with E-state index in [2.05, 4.69) is 15.0 Å². The molecule has 0 aliphatic rings. The number of aromatic nitrogens is 1. The van der Waals surface area contributed by atoms with Crippen LogP contribution >= 0.6 is 0 Å². The summed E-state index contributed by atoms with van der Waals surface area (Å²) in [5, 5.41) is 2.82. The van der Waals surface area contributed by atoms with Gasteiger partial charge in [0, 0.05) is 19.2 Å². The van der Waals surface area contributed by atoms with E-state index in [1.165, 1.54) is 31.4 Å². The lowest BCUT2D eigenvalue weighted by Crippen LogP contribution is -2.30. The first-order chi connectivity index (χ1) is 14.8. The second-order valence-corrected chi connectivity index (χ2v) is 8.39. The van der Waals surface area contributed by atoms with Gasteiger partial charge in [0.05, 0.1) is 17.6 Å². The molecule has 0 unspecified atom stereocenters. The van der Waals surface area contributed by atoms with Crippen molar-refractivity contribution in [2.45, 2.75) is 37.5 Å². The number of amides is 2. The average Bonchev–Trinajstić information content (AvgIpc) is 2.77. The number of carbonyl (C=O) groups is 3. The van der Waals surface area contributed by atoms with Crippen LogP contribution in [-0.4, -0.2) is 44.8 Å². The van der Waals surface area contributed by atoms with Crippen molar-refractivity contribution in [1.82, 2.24) is 15.0 Å². The molecule has 0 saturated carbocycles. The molecule has 31 heavy (non-hydrogen) atoms. The molecular weight excluding hydrogens is 422 g/mol. The number of methoxy groups -OCH3 is 1. The van der Waals surface area contributed by atoms with Gasteiger partial charge >= 0.3 is 5.97 Å². The van der Waals surface area contributed by atoms with Gasteiger partial charge in [0.25, 0.3) is 15.9 Å². The van der Waals surface area contributed by atoms with Crippen LogP contribution in [0.4, 0.5) is 0 Å². The quantitative estimate of drug-likeness (QED) is 0.531. The predicted molar refractivity (Wildman–Crippen MR) is 113 cm³/mol. The number of pyridine rings is 1. The highest BCUT2D eigenvalue weighted by Crippen LogP contribution is 2.12. The molecule has 0 fully saturated rings. The Morgan fingerprint density at radius 1 is 1.06 bits per heavy atom. The Balaban J connectivity index is 1.95. The van der Waals surface area contributed by atoms with Gasteiger partial charge < -0.3 is 10.1 Å². The van der Waals surface area contributed by atoms with Crippen molar-refractivity contribution in [2.24, 2.45) is 0 Å². The molecule has 2 rings (SSSR count). The Labute approximate surface area is 181 Å². The summed E-state index contributed by atoms with van der Waals surface area (Å²) < 4.78 is 31.4. The number of nitrogens with zero attached hydrogens (tertiary/aromatic N) is 1. The number of benzene rings is 1. The Morgan fingerprint density at radius 3 is 2.35 bits per heavy atom. The van der Waals surface area contributed by atoms with E-state index < -0.39 is 21.9 Å². The molecular formula is C21H25N3O6S. The summed E-state index contributed by atoms with van der Waals surface area (Å²) in [6.07, 6.45) is 3.94. The van der Waals surface area contributed by atoms with Gasteiger partial charge in [-0.05, 0) is 42.7 Å². The molecule has 0 atom stereocenters. The van der Waals surface area contributed by atoms with Gasteiger partial charge in [-0.25, -0.2) is 22.9 Å². The van der Waals surface area contributed by atoms with Crippen LogP contribution in [0.1, 0.15) is 52.6 Å². The van der Waals surface area contributed by atoms with Crippen molar-refractivity contribution in [2.75, 3.05) is 13.7 Å². The molecule has 0 aliphatic heterocycles. The van der Waals surface area contributed by atoms with Gasteiger partial charge in [-0.15, -0.1) is 0 Å². The first kappa shape index (κ1) is 24.0. The lowest BCUT2D eigenvalue weighted by molar-refractivity contribution is -0.121. The van der Waals surface area contributed by atoms with E-state index in [1.54, 1.807) is 12.1 Å². The summed E-state index contributed by atoms with van der Waals surface area (Å²) in [7, 11) is -2.89. The summed E-state index contributed by atoms with van der Waals surface area (Å²) >= 11 is 0. The van der Waals surface area contributed by atoms with E-state index in [0.29, 0.717) is 19.4 Å². The molecule has 1 heterocycles. The Bertz CT molecular complexity index is 1020. The van der Waals surface area contributed by atoms with Gasteiger partial charge in [0.15, 0.2) is 0 Å². The molecule has 166 valence electrons. The number of esters is 1. The fourth-order valence-electron chi connectivity index (χ4n) is 2.60. The van der Waals surface area contributed by atoms with Crippen molar-refractivity contribution < 1.29 is 27.5 Å². The summed E-state index contributed by atoms with van der Waals surface area (Å²) in [5.41, 5.74) is 0.828. The molecule has 1 aromatic carbocycles. The fraction of sp³-hybridized carbons (Fsp3) is 0.333. The SMILES string of the molecule is CCCCC(=O)NCCc1ccc(S(=O)(=O)NC(=O)c2ccc(C(=O)OC)nc2)cc1. The number of nitrogens with one attached hydrogen (secondary N) is 2. The molecule has 2 amide bonds. The molecule has 10 heteroatoms. The normalized spacial score (nSPS) is 10.9. The van der Waals surface area contributed by atoms with Gasteiger partial charge in [0.2, 0.25) is 5.91 Å². The minimum Gasteiger partial charge on any atom is -0.464 e. The van der Waals surface area contributed by atoms with Crippen molar-refractivity contribution in [3.05, 3.63) is 59.4 Å². The van der Waals surface area contributed by atoms with Crippen LogP contribution in [0.5, 0.6) is 0 Å². The smallest absolute Gasteiger partial charge is 0.356 e. The molecule has 9 nitrogen and oxygen atoms in total. The van der Waals surface area contributed by atoms with Crippen LogP contribution in [0, 0.1) is 0 Å². The van der Waals surface area contributed by atoms with Crippen LogP contribution in [0.3, 0.4) is 0 Å². The monoisotopic (exact) mass is 447 g/mol. The van der Waals surface area contributed by atoms with E-state index in [9.17, 15) is 22.8 Å². The number of carbonyl (C=O) groups excluding carboxylic acids is 3. The standard InChI is InChI=1S/C21H25N3O6S/c1-3-4-5-19(25)22-13-12-15-6-9-17(10-7-15)31(28,29)24-20(26)16-8-11-18(23-14-16)21(27)30-2/h6-11,14H,3-5,12-13H2,1-2H3,(H,22,25)(H,24,26). The lowest BCUT2D eigenvalue weighted by Gasteiger charge is -2.09. The lowest BCUT2D eigenvalue weighted by atomic mass is 10.1. The maximum atomic E-state index is 12.5. The number of unbranched alkanes of at least 4 members (excludes halogenated alkanes) is 1. The number of hydrogen-bond donors (Lipinski definition) is 2. The number of sulfonamides is 1. The van der Waals surface area contributed by atoms with Crippen LogP contribution in [-0.2, 0) is 26.0 Å². The zero-order valence-electron chi connectivity index (χ0n) is 17.4. The van der Waals surface area contributed by atoms with Gasteiger partial charge in [0.1, 0.15) is 5.69 Å². The van der Waals surface area contributed by atoms with Crippen molar-refractivity contribution >= 4 is 27.8 Å². The minimum absolute atomic E-state index is 0.000880. The van der Waals surface area contributed by atoms with Crippen LogP contribution in [0.25, 0.3) is 0 Å². The zero-order valence-corrected chi connectivity index (χ0v) is 18.2. The topological polar surface area (TPSA) is 132 Å². The summed E-state index contributed by atoms with van der Waals surface area (Å²) in [6.45, 7) is 2.48. The highest BCUT2D eigenvalue weighted by Gasteiger charge is 2.19. The largest absolute Gasteiger partial charge is 0.464 e. The fourth-order valence-corrected chi connectivity index (χ4v) is 3.57. The third-order valence-corrected chi connectivity index (χ3v) is 5.72. The van der Waals surface area contributed by atoms with E-state index in [-0.39, 0.29) is 22.1 Å². The zero-order chi connectivity index (χ0) is 22.9. The number of hydrogen-bond acceptors (Lipinski definition) is 7. The summed E-state index contributed by atoms with van der Waals surface area (Å²) in [4.78, 5) is 38.9. The third-order valence-electron chi connectivity index (χ3n) is 4.37. The molecule has 2 aromatic rings. The molecule has 2 N–H and O–H groups in total. The van der Waals surface area contributed by atoms with E-state index in [4.69, 9.17) is 0 Å². The average molecular weight is 448 g/mol. The predicted octanol–water partition coefficient (Wildman–Crippen LogP) is 1.84. The van der Waals surface area contributed by atoms with Gasteiger partial charge in [-0.3, -0.25) is 9.59 Å². The van der Waals surface area contributed by atoms with E-state index >= 15 is 0 Å². The maximum Gasteiger partial charge on any atom is 0.356 e.